The second-order valence-corrected chi connectivity index (χ2v) is 4.49. The molecule has 0 aliphatic carbocycles. The SMILES string of the molecule is CC(C)N1C(=O)OCC12CCNCC2. The number of carbonyl (C=O) groups is 1. The fraction of sp³-hybridized carbons (Fsp3) is 0.900. The number of rotatable bonds is 1. The zero-order valence-electron chi connectivity index (χ0n) is 8.88. The van der Waals surface area contributed by atoms with Crippen molar-refractivity contribution in [3.63, 3.8) is 0 Å². The van der Waals surface area contributed by atoms with Gasteiger partial charge in [-0.25, -0.2) is 4.79 Å². The van der Waals surface area contributed by atoms with Gasteiger partial charge in [0, 0.05) is 6.04 Å². The topological polar surface area (TPSA) is 41.6 Å². The average Bonchev–Trinajstić information content (AvgIpc) is 2.45. The zero-order chi connectivity index (χ0) is 10.2. The van der Waals surface area contributed by atoms with Crippen molar-refractivity contribution >= 4 is 6.09 Å². The predicted molar refractivity (Wildman–Crippen MR) is 53.2 cm³/mol. The van der Waals surface area contributed by atoms with Gasteiger partial charge >= 0.3 is 6.09 Å². The van der Waals surface area contributed by atoms with E-state index in [-0.39, 0.29) is 17.7 Å². The molecule has 14 heavy (non-hydrogen) atoms. The van der Waals surface area contributed by atoms with Crippen LogP contribution in [0, 0.1) is 0 Å². The molecule has 4 nitrogen and oxygen atoms in total. The third-order valence-corrected chi connectivity index (χ3v) is 3.22. The van der Waals surface area contributed by atoms with Crippen LogP contribution in [0.15, 0.2) is 0 Å². The third-order valence-electron chi connectivity index (χ3n) is 3.22. The molecule has 1 spiro atoms. The first-order valence-electron chi connectivity index (χ1n) is 5.32. The van der Waals surface area contributed by atoms with Gasteiger partial charge in [0.25, 0.3) is 0 Å². The van der Waals surface area contributed by atoms with E-state index in [1.54, 1.807) is 0 Å². The molecule has 1 amide bonds. The Balaban J connectivity index is 2.20. The molecule has 2 heterocycles. The quantitative estimate of drug-likeness (QED) is 0.682. The molecule has 0 bridgehead atoms. The van der Waals surface area contributed by atoms with Crippen LogP contribution in [-0.2, 0) is 4.74 Å². The Morgan fingerprint density at radius 1 is 1.43 bits per heavy atom. The Morgan fingerprint density at radius 3 is 2.64 bits per heavy atom. The van der Waals surface area contributed by atoms with Gasteiger partial charge < -0.3 is 10.1 Å². The Morgan fingerprint density at radius 2 is 2.07 bits per heavy atom. The smallest absolute Gasteiger partial charge is 0.410 e. The van der Waals surface area contributed by atoms with Gasteiger partial charge in [0.1, 0.15) is 6.61 Å². The number of cyclic esters (lactones) is 1. The van der Waals surface area contributed by atoms with Crippen LogP contribution < -0.4 is 5.32 Å². The fourth-order valence-corrected chi connectivity index (χ4v) is 2.56. The van der Waals surface area contributed by atoms with Crippen molar-refractivity contribution < 1.29 is 9.53 Å². The van der Waals surface area contributed by atoms with E-state index in [9.17, 15) is 4.79 Å². The molecule has 0 atom stereocenters. The van der Waals surface area contributed by atoms with E-state index in [1.165, 1.54) is 0 Å². The highest BCUT2D eigenvalue weighted by Crippen LogP contribution is 2.34. The molecule has 2 rings (SSSR count). The Bertz CT molecular complexity index is 234. The minimum Gasteiger partial charge on any atom is -0.447 e. The minimum absolute atomic E-state index is 0.0174. The van der Waals surface area contributed by atoms with Gasteiger partial charge in [0.15, 0.2) is 0 Å². The summed E-state index contributed by atoms with van der Waals surface area (Å²) in [5, 5.41) is 3.32. The summed E-state index contributed by atoms with van der Waals surface area (Å²) >= 11 is 0. The van der Waals surface area contributed by atoms with Crippen LogP contribution in [-0.4, -0.2) is 42.3 Å². The first-order chi connectivity index (χ1) is 6.66. The molecule has 1 N–H and O–H groups in total. The normalized spacial score (nSPS) is 25.9. The van der Waals surface area contributed by atoms with E-state index in [2.05, 4.69) is 19.2 Å². The molecule has 0 saturated carbocycles. The van der Waals surface area contributed by atoms with E-state index in [0.717, 1.165) is 25.9 Å². The van der Waals surface area contributed by atoms with Gasteiger partial charge in [0.05, 0.1) is 5.54 Å². The number of hydrogen-bond donors (Lipinski definition) is 1. The third kappa shape index (κ3) is 1.38. The largest absolute Gasteiger partial charge is 0.447 e. The van der Waals surface area contributed by atoms with Gasteiger partial charge in [-0.15, -0.1) is 0 Å². The molecule has 0 aromatic heterocycles. The van der Waals surface area contributed by atoms with Crippen molar-refractivity contribution in [3.8, 4) is 0 Å². The molecule has 0 unspecified atom stereocenters. The number of nitrogens with zero attached hydrogens (tertiary/aromatic N) is 1. The first kappa shape index (κ1) is 9.77. The lowest BCUT2D eigenvalue weighted by atomic mass is 9.87. The summed E-state index contributed by atoms with van der Waals surface area (Å²) in [6, 6.07) is 0.239. The summed E-state index contributed by atoms with van der Waals surface area (Å²) in [5.74, 6) is 0. The standard InChI is InChI=1S/C10H18N2O2/c1-8(2)12-9(13)14-7-10(12)3-5-11-6-4-10/h8,11H,3-7H2,1-2H3. The van der Waals surface area contributed by atoms with Crippen molar-refractivity contribution in [1.29, 1.82) is 0 Å². The van der Waals surface area contributed by atoms with Crippen LogP contribution in [0.1, 0.15) is 26.7 Å². The number of ether oxygens (including phenoxy) is 1. The lowest BCUT2D eigenvalue weighted by molar-refractivity contribution is 0.101. The summed E-state index contributed by atoms with van der Waals surface area (Å²) in [4.78, 5) is 13.5. The van der Waals surface area contributed by atoms with E-state index >= 15 is 0 Å². The molecule has 4 heteroatoms. The summed E-state index contributed by atoms with van der Waals surface area (Å²) in [6.07, 6.45) is 1.88. The highest BCUT2D eigenvalue weighted by atomic mass is 16.6. The second kappa shape index (κ2) is 3.42. The van der Waals surface area contributed by atoms with Gasteiger partial charge in [-0.2, -0.15) is 0 Å². The van der Waals surface area contributed by atoms with Crippen molar-refractivity contribution in [1.82, 2.24) is 10.2 Å². The van der Waals surface area contributed by atoms with Gasteiger partial charge in [-0.05, 0) is 39.8 Å². The zero-order valence-corrected chi connectivity index (χ0v) is 8.88. The molecular weight excluding hydrogens is 180 g/mol. The van der Waals surface area contributed by atoms with E-state index in [4.69, 9.17) is 4.74 Å². The second-order valence-electron chi connectivity index (χ2n) is 4.49. The number of piperidine rings is 1. The first-order valence-corrected chi connectivity index (χ1v) is 5.32. The molecule has 2 saturated heterocycles. The van der Waals surface area contributed by atoms with Gasteiger partial charge in [-0.3, -0.25) is 4.90 Å². The molecule has 2 fully saturated rings. The minimum atomic E-state index is -0.137. The van der Waals surface area contributed by atoms with Gasteiger partial charge in [0.2, 0.25) is 0 Å². The molecular formula is C10H18N2O2. The summed E-state index contributed by atoms with van der Waals surface area (Å²) in [6.45, 7) is 6.65. The maximum Gasteiger partial charge on any atom is 0.410 e. The number of hydrogen-bond acceptors (Lipinski definition) is 3. The summed E-state index contributed by atoms with van der Waals surface area (Å²) in [5.41, 5.74) is -0.0174. The van der Waals surface area contributed by atoms with Crippen LogP contribution >= 0.6 is 0 Å². The van der Waals surface area contributed by atoms with Crippen molar-refractivity contribution in [2.24, 2.45) is 0 Å². The highest BCUT2D eigenvalue weighted by molar-refractivity contribution is 5.71. The van der Waals surface area contributed by atoms with Crippen molar-refractivity contribution in [3.05, 3.63) is 0 Å². The van der Waals surface area contributed by atoms with Crippen LogP contribution in [0.25, 0.3) is 0 Å². The number of nitrogens with one attached hydrogen (secondary N) is 1. The summed E-state index contributed by atoms with van der Waals surface area (Å²) in [7, 11) is 0. The van der Waals surface area contributed by atoms with Crippen LogP contribution in [0.3, 0.4) is 0 Å². The van der Waals surface area contributed by atoms with Crippen LogP contribution in [0.4, 0.5) is 4.79 Å². The molecule has 0 aromatic carbocycles. The molecule has 2 aliphatic rings. The fourth-order valence-electron chi connectivity index (χ4n) is 2.56. The molecule has 2 aliphatic heterocycles. The Hall–Kier alpha value is -0.770. The molecule has 0 radical (unpaired) electrons. The van der Waals surface area contributed by atoms with E-state index in [0.29, 0.717) is 6.61 Å². The number of amides is 1. The molecule has 80 valence electrons. The lowest BCUT2D eigenvalue weighted by Crippen LogP contribution is -2.55. The summed E-state index contributed by atoms with van der Waals surface area (Å²) < 4.78 is 5.18. The Labute approximate surface area is 84.6 Å². The van der Waals surface area contributed by atoms with E-state index in [1.807, 2.05) is 4.90 Å². The number of carbonyl (C=O) groups excluding carboxylic acids is 1. The van der Waals surface area contributed by atoms with Crippen molar-refractivity contribution in [2.75, 3.05) is 19.7 Å². The Kier molecular flexibility index (Phi) is 2.39. The average molecular weight is 198 g/mol. The maximum absolute atomic E-state index is 11.6. The van der Waals surface area contributed by atoms with Crippen LogP contribution in [0.2, 0.25) is 0 Å². The van der Waals surface area contributed by atoms with E-state index < -0.39 is 0 Å². The molecule has 0 aromatic rings. The van der Waals surface area contributed by atoms with Gasteiger partial charge in [-0.1, -0.05) is 0 Å². The van der Waals surface area contributed by atoms with Crippen molar-refractivity contribution in [2.45, 2.75) is 38.3 Å². The van der Waals surface area contributed by atoms with Crippen LogP contribution in [0.5, 0.6) is 0 Å². The maximum atomic E-state index is 11.6. The predicted octanol–water partition coefficient (Wildman–Crippen LogP) is 0.969. The lowest BCUT2D eigenvalue weighted by Gasteiger charge is -2.40. The highest BCUT2D eigenvalue weighted by Gasteiger charge is 2.48. The monoisotopic (exact) mass is 198 g/mol.